The maximum absolute atomic E-state index is 12.2. The van der Waals surface area contributed by atoms with Crippen LogP contribution < -0.4 is 11.1 Å². The second-order valence-corrected chi connectivity index (χ2v) is 4.62. The summed E-state index contributed by atoms with van der Waals surface area (Å²) < 4.78 is 2.59. The third-order valence-electron chi connectivity index (χ3n) is 2.98. The van der Waals surface area contributed by atoms with E-state index in [1.54, 1.807) is 44.4 Å². The van der Waals surface area contributed by atoms with Gasteiger partial charge in [0.1, 0.15) is 0 Å². The van der Waals surface area contributed by atoms with Crippen LogP contribution >= 0.6 is 11.6 Å². The molecular weight excluding hydrogens is 276 g/mol. The first kappa shape index (κ1) is 14.2. The zero-order valence-electron chi connectivity index (χ0n) is 11.2. The molecule has 102 valence electrons. The van der Waals surface area contributed by atoms with E-state index < -0.39 is 11.1 Å². The molecule has 4 nitrogen and oxygen atoms in total. The molecule has 0 amide bonds. The number of nitrogens with zero attached hydrogens (tertiary/aromatic N) is 2. The van der Waals surface area contributed by atoms with E-state index in [0.29, 0.717) is 10.7 Å². The molecule has 0 aliphatic rings. The molecule has 2 aromatic rings. The van der Waals surface area contributed by atoms with E-state index in [9.17, 15) is 9.59 Å². The Morgan fingerprint density at radius 1 is 1.20 bits per heavy atom. The van der Waals surface area contributed by atoms with Crippen LogP contribution in [0.5, 0.6) is 0 Å². The zero-order chi connectivity index (χ0) is 14.7. The smallest absolute Gasteiger partial charge is 0.298 e. The maximum Gasteiger partial charge on any atom is 0.321 e. The van der Waals surface area contributed by atoms with Crippen molar-refractivity contribution in [1.82, 2.24) is 9.13 Å². The van der Waals surface area contributed by atoms with E-state index in [0.717, 1.165) is 5.56 Å². The molecule has 0 bridgehead atoms. The molecule has 1 aromatic carbocycles. The Bertz CT molecular complexity index is 822. The van der Waals surface area contributed by atoms with Gasteiger partial charge in [-0.2, -0.15) is 0 Å². The summed E-state index contributed by atoms with van der Waals surface area (Å²) in [6.07, 6.45) is 3.11. The molecule has 2 rings (SSSR count). The summed E-state index contributed by atoms with van der Waals surface area (Å²) in [5.74, 6) is 5.45. The number of halogens is 1. The summed E-state index contributed by atoms with van der Waals surface area (Å²) in [6, 6.07) is 5.23. The van der Waals surface area contributed by atoms with Crippen LogP contribution in [0.15, 0.2) is 40.2 Å². The first-order valence-electron chi connectivity index (χ1n) is 6.03. The largest absolute Gasteiger partial charge is 0.321 e. The fraction of sp³-hybridized carbons (Fsp3) is 0.200. The fourth-order valence-electron chi connectivity index (χ4n) is 1.84. The van der Waals surface area contributed by atoms with Gasteiger partial charge >= 0.3 is 11.1 Å². The van der Waals surface area contributed by atoms with Crippen molar-refractivity contribution in [2.24, 2.45) is 0 Å². The van der Waals surface area contributed by atoms with Gasteiger partial charge in [0.25, 0.3) is 0 Å². The number of hydrogen-bond donors (Lipinski definition) is 0. The summed E-state index contributed by atoms with van der Waals surface area (Å²) in [4.78, 5) is 24.1. The van der Waals surface area contributed by atoms with Crippen LogP contribution in [0.4, 0.5) is 0 Å². The van der Waals surface area contributed by atoms with E-state index in [1.807, 2.05) is 0 Å². The minimum atomic E-state index is -0.615. The molecular formula is C15H13ClN2O2. The third-order valence-corrected chi connectivity index (χ3v) is 3.39. The Balaban J connectivity index is 2.62. The summed E-state index contributed by atoms with van der Waals surface area (Å²) in [5, 5.41) is 0.551. The molecule has 0 saturated carbocycles. The van der Waals surface area contributed by atoms with Crippen molar-refractivity contribution in [3.05, 3.63) is 61.9 Å². The van der Waals surface area contributed by atoms with Crippen molar-refractivity contribution in [3.8, 4) is 17.5 Å². The molecule has 0 fully saturated rings. The Morgan fingerprint density at radius 2 is 1.95 bits per heavy atom. The molecule has 0 unspecified atom stereocenters. The normalized spacial score (nSPS) is 9.95. The summed E-state index contributed by atoms with van der Waals surface area (Å²) in [7, 11) is 0. The molecule has 0 spiro atoms. The lowest BCUT2D eigenvalue weighted by Crippen LogP contribution is -2.40. The van der Waals surface area contributed by atoms with Crippen molar-refractivity contribution < 1.29 is 0 Å². The van der Waals surface area contributed by atoms with Crippen molar-refractivity contribution in [3.63, 3.8) is 0 Å². The second kappa shape index (κ2) is 5.81. The van der Waals surface area contributed by atoms with Gasteiger partial charge in [0, 0.05) is 17.4 Å². The summed E-state index contributed by atoms with van der Waals surface area (Å²) in [5.41, 5.74) is 0.139. The van der Waals surface area contributed by atoms with E-state index in [2.05, 4.69) is 11.8 Å². The highest BCUT2D eigenvalue weighted by Crippen LogP contribution is 2.20. The van der Waals surface area contributed by atoms with Crippen LogP contribution in [-0.2, 0) is 6.54 Å². The van der Waals surface area contributed by atoms with Crippen molar-refractivity contribution in [2.75, 3.05) is 0 Å². The van der Waals surface area contributed by atoms with Crippen LogP contribution in [0.25, 0.3) is 5.69 Å². The van der Waals surface area contributed by atoms with Gasteiger partial charge in [-0.05, 0) is 31.5 Å². The van der Waals surface area contributed by atoms with Gasteiger partial charge in [-0.25, -0.2) is 0 Å². The van der Waals surface area contributed by atoms with E-state index in [1.165, 1.54) is 9.13 Å². The molecule has 0 aliphatic heterocycles. The minimum Gasteiger partial charge on any atom is -0.298 e. The molecule has 0 saturated heterocycles. The standard InChI is InChI=1S/C15H13ClN2O2/c1-3-4-8-17-9-10-18(15(20)14(17)19)13-7-5-6-12(16)11(13)2/h5-7,9-10H,8H2,1-2H3. The van der Waals surface area contributed by atoms with Gasteiger partial charge in [-0.15, -0.1) is 5.92 Å². The molecule has 0 atom stereocenters. The SMILES string of the molecule is CC#CCn1ccn(-c2cccc(Cl)c2C)c(=O)c1=O. The van der Waals surface area contributed by atoms with Gasteiger partial charge in [0.15, 0.2) is 0 Å². The lowest BCUT2D eigenvalue weighted by Gasteiger charge is -2.10. The number of benzene rings is 1. The Labute approximate surface area is 121 Å². The fourth-order valence-corrected chi connectivity index (χ4v) is 2.01. The first-order valence-corrected chi connectivity index (χ1v) is 6.41. The second-order valence-electron chi connectivity index (χ2n) is 4.22. The van der Waals surface area contributed by atoms with E-state index >= 15 is 0 Å². The summed E-state index contributed by atoms with van der Waals surface area (Å²) in [6.45, 7) is 3.69. The number of hydrogen-bond acceptors (Lipinski definition) is 2. The number of aromatic nitrogens is 2. The highest BCUT2D eigenvalue weighted by molar-refractivity contribution is 6.31. The average Bonchev–Trinajstić information content (AvgIpc) is 2.44. The molecule has 1 heterocycles. The lowest BCUT2D eigenvalue weighted by atomic mass is 10.2. The summed E-state index contributed by atoms with van der Waals surface area (Å²) >= 11 is 6.04. The van der Waals surface area contributed by atoms with Crippen molar-refractivity contribution in [2.45, 2.75) is 20.4 Å². The predicted molar refractivity (Wildman–Crippen MR) is 79.5 cm³/mol. The predicted octanol–water partition coefficient (Wildman–Crippen LogP) is 1.98. The van der Waals surface area contributed by atoms with E-state index in [-0.39, 0.29) is 6.54 Å². The van der Waals surface area contributed by atoms with Crippen LogP contribution in [0.2, 0.25) is 5.02 Å². The Kier molecular flexibility index (Phi) is 4.11. The molecule has 1 aromatic heterocycles. The van der Waals surface area contributed by atoms with Crippen LogP contribution in [0, 0.1) is 18.8 Å². The highest BCUT2D eigenvalue weighted by Gasteiger charge is 2.09. The lowest BCUT2D eigenvalue weighted by molar-refractivity contribution is 0.743. The van der Waals surface area contributed by atoms with Crippen LogP contribution in [0.3, 0.4) is 0 Å². The molecule has 0 N–H and O–H groups in total. The zero-order valence-corrected chi connectivity index (χ0v) is 11.9. The molecule has 20 heavy (non-hydrogen) atoms. The Morgan fingerprint density at radius 3 is 2.65 bits per heavy atom. The van der Waals surface area contributed by atoms with Crippen molar-refractivity contribution >= 4 is 11.6 Å². The van der Waals surface area contributed by atoms with Crippen LogP contribution in [0.1, 0.15) is 12.5 Å². The van der Waals surface area contributed by atoms with Gasteiger partial charge in [0.2, 0.25) is 0 Å². The van der Waals surface area contributed by atoms with Gasteiger partial charge in [-0.1, -0.05) is 23.6 Å². The Hall–Kier alpha value is -2.25. The van der Waals surface area contributed by atoms with Gasteiger partial charge in [-0.3, -0.25) is 18.7 Å². The maximum atomic E-state index is 12.2. The highest BCUT2D eigenvalue weighted by atomic mass is 35.5. The minimum absolute atomic E-state index is 0.208. The average molecular weight is 289 g/mol. The third kappa shape index (κ3) is 2.54. The van der Waals surface area contributed by atoms with Gasteiger partial charge < -0.3 is 0 Å². The van der Waals surface area contributed by atoms with Crippen molar-refractivity contribution in [1.29, 1.82) is 0 Å². The molecule has 5 heteroatoms. The molecule has 0 aliphatic carbocycles. The van der Waals surface area contributed by atoms with E-state index in [4.69, 9.17) is 11.6 Å². The van der Waals surface area contributed by atoms with Crippen LogP contribution in [-0.4, -0.2) is 9.13 Å². The molecule has 0 radical (unpaired) electrons. The monoisotopic (exact) mass is 288 g/mol. The van der Waals surface area contributed by atoms with Gasteiger partial charge in [0.05, 0.1) is 12.2 Å². The first-order chi connectivity index (χ1) is 9.56. The topological polar surface area (TPSA) is 44.0 Å². The number of rotatable bonds is 2. The quantitative estimate of drug-likeness (QED) is 0.626.